The second-order valence-electron chi connectivity index (χ2n) is 6.53. The third-order valence-corrected chi connectivity index (χ3v) is 5.69. The lowest BCUT2D eigenvalue weighted by atomic mass is 10.1. The van der Waals surface area contributed by atoms with E-state index in [0.717, 1.165) is 18.5 Å². The van der Waals surface area contributed by atoms with Gasteiger partial charge in [-0.3, -0.25) is 9.59 Å². The highest BCUT2D eigenvalue weighted by Crippen LogP contribution is 2.33. The molecule has 23 heavy (non-hydrogen) atoms. The van der Waals surface area contributed by atoms with Crippen LogP contribution in [0.15, 0.2) is 28.8 Å². The van der Waals surface area contributed by atoms with Crippen LogP contribution in [0.25, 0.3) is 0 Å². The summed E-state index contributed by atoms with van der Waals surface area (Å²) in [7, 11) is 0. The maximum Gasteiger partial charge on any atom is 0.257 e. The van der Waals surface area contributed by atoms with E-state index in [4.69, 9.17) is 0 Å². The first-order chi connectivity index (χ1) is 11.2. The van der Waals surface area contributed by atoms with Gasteiger partial charge in [-0.1, -0.05) is 17.8 Å². The van der Waals surface area contributed by atoms with Crippen molar-refractivity contribution in [3.8, 4) is 0 Å². The maximum absolute atomic E-state index is 12.3. The predicted octanol–water partition coefficient (Wildman–Crippen LogP) is 2.64. The molecule has 1 aliphatic heterocycles. The smallest absolute Gasteiger partial charge is 0.257 e. The number of anilines is 1. The van der Waals surface area contributed by atoms with Crippen LogP contribution in [-0.2, 0) is 22.4 Å². The molecule has 4 nitrogen and oxygen atoms in total. The second-order valence-corrected chi connectivity index (χ2v) is 7.52. The molecule has 1 aromatic carbocycles. The fraction of sp³-hybridized carbons (Fsp3) is 0.444. The summed E-state index contributed by atoms with van der Waals surface area (Å²) < 4.78 is 0. The maximum atomic E-state index is 12.3. The van der Waals surface area contributed by atoms with Crippen molar-refractivity contribution in [3.05, 3.63) is 39.9 Å². The Hall–Kier alpha value is -1.75. The zero-order valence-electron chi connectivity index (χ0n) is 13.0. The van der Waals surface area contributed by atoms with Crippen LogP contribution in [0, 0.1) is 5.92 Å². The summed E-state index contributed by atoms with van der Waals surface area (Å²) in [4.78, 5) is 24.4. The Balaban J connectivity index is 1.52. The molecule has 1 saturated carbocycles. The van der Waals surface area contributed by atoms with Crippen LogP contribution in [0.4, 0.5) is 5.69 Å². The monoisotopic (exact) mass is 328 g/mol. The Morgan fingerprint density at radius 1 is 1.22 bits per heavy atom. The quantitative estimate of drug-likeness (QED) is 0.816. The molecule has 1 heterocycles. The second kappa shape index (κ2) is 6.04. The molecular formula is C18H20N2O2S. The normalized spacial score (nSPS) is 19.9. The molecule has 1 amide bonds. The van der Waals surface area contributed by atoms with Crippen LogP contribution in [0.2, 0.25) is 0 Å². The summed E-state index contributed by atoms with van der Waals surface area (Å²) in [6.07, 6.45) is 5.85. The van der Waals surface area contributed by atoms with Crippen LogP contribution in [0.1, 0.15) is 30.4 Å². The molecule has 0 aromatic heterocycles. The van der Waals surface area contributed by atoms with Crippen LogP contribution in [0.5, 0.6) is 0 Å². The van der Waals surface area contributed by atoms with Crippen molar-refractivity contribution >= 4 is 29.1 Å². The molecule has 3 aliphatic rings. The highest BCUT2D eigenvalue weighted by atomic mass is 32.2. The van der Waals surface area contributed by atoms with Gasteiger partial charge in [-0.2, -0.15) is 0 Å². The molecule has 0 atom stereocenters. The number of hydrogen-bond acceptors (Lipinski definition) is 4. The molecule has 120 valence electrons. The molecule has 2 aliphatic carbocycles. The van der Waals surface area contributed by atoms with Crippen LogP contribution in [0.3, 0.4) is 0 Å². The fourth-order valence-electron chi connectivity index (χ4n) is 3.17. The van der Waals surface area contributed by atoms with E-state index in [1.54, 1.807) is 0 Å². The molecule has 0 saturated heterocycles. The summed E-state index contributed by atoms with van der Waals surface area (Å²) in [5.41, 5.74) is 4.07. The lowest BCUT2D eigenvalue weighted by Gasteiger charge is -2.11. The average Bonchev–Trinajstić information content (AvgIpc) is 3.14. The Bertz CT molecular complexity index is 707. The lowest BCUT2D eigenvalue weighted by molar-refractivity contribution is -0.121. The number of rotatable bonds is 5. The minimum atomic E-state index is -0.226. The van der Waals surface area contributed by atoms with E-state index in [2.05, 4.69) is 22.8 Å². The van der Waals surface area contributed by atoms with Crippen molar-refractivity contribution in [3.63, 3.8) is 0 Å². The number of ketones is 1. The van der Waals surface area contributed by atoms with E-state index in [-0.39, 0.29) is 11.7 Å². The number of carbonyl (C=O) groups excluding carboxylic acids is 2. The van der Waals surface area contributed by atoms with Gasteiger partial charge in [-0.15, -0.1) is 0 Å². The van der Waals surface area contributed by atoms with Gasteiger partial charge in [0.2, 0.25) is 0 Å². The summed E-state index contributed by atoms with van der Waals surface area (Å²) in [6, 6.07) is 6.35. The van der Waals surface area contributed by atoms with E-state index in [1.165, 1.54) is 42.2 Å². The number of nitrogens with one attached hydrogen (secondary N) is 2. The Labute approximate surface area is 140 Å². The van der Waals surface area contributed by atoms with E-state index in [0.29, 0.717) is 28.8 Å². The molecular weight excluding hydrogens is 308 g/mol. The first-order valence-electron chi connectivity index (χ1n) is 8.28. The first kappa shape index (κ1) is 14.8. The fourth-order valence-corrected chi connectivity index (χ4v) is 4.13. The number of benzene rings is 1. The van der Waals surface area contributed by atoms with Gasteiger partial charge in [0.15, 0.2) is 5.78 Å². The molecule has 2 N–H and O–H groups in total. The van der Waals surface area contributed by atoms with Gasteiger partial charge >= 0.3 is 0 Å². The number of amides is 1. The molecule has 5 heteroatoms. The van der Waals surface area contributed by atoms with Crippen LogP contribution < -0.4 is 10.6 Å². The lowest BCUT2D eigenvalue weighted by Crippen LogP contribution is -2.30. The molecule has 0 bridgehead atoms. The standard InChI is InChI=1S/C18H20N2O2S/c21-15-10-23-18(16(15)17(22)19-9-11-4-5-11)20-14-7-6-12-2-1-3-13(12)8-14/h6-8,11,20H,1-5,9-10H2,(H,19,22). The van der Waals surface area contributed by atoms with Gasteiger partial charge in [0.25, 0.3) is 5.91 Å². The number of fused-ring (bicyclic) bond motifs is 1. The van der Waals surface area contributed by atoms with Gasteiger partial charge in [-0.05, 0) is 61.3 Å². The Morgan fingerprint density at radius 3 is 2.87 bits per heavy atom. The van der Waals surface area contributed by atoms with Crippen LogP contribution >= 0.6 is 11.8 Å². The zero-order valence-corrected chi connectivity index (χ0v) is 13.8. The number of hydrogen-bond donors (Lipinski definition) is 2. The Kier molecular flexibility index (Phi) is 3.89. The van der Waals surface area contributed by atoms with E-state index >= 15 is 0 Å². The largest absolute Gasteiger partial charge is 0.352 e. The molecule has 0 radical (unpaired) electrons. The summed E-state index contributed by atoms with van der Waals surface area (Å²) in [5.74, 6) is 0.652. The summed E-state index contributed by atoms with van der Waals surface area (Å²) >= 11 is 1.42. The van der Waals surface area contributed by atoms with Gasteiger partial charge in [0, 0.05) is 12.2 Å². The van der Waals surface area contributed by atoms with Crippen molar-refractivity contribution < 1.29 is 9.59 Å². The molecule has 1 aromatic rings. The van der Waals surface area contributed by atoms with E-state index in [1.807, 2.05) is 6.07 Å². The summed E-state index contributed by atoms with van der Waals surface area (Å²) in [5, 5.41) is 6.90. The molecule has 0 unspecified atom stereocenters. The highest BCUT2D eigenvalue weighted by Gasteiger charge is 2.31. The molecule has 1 fully saturated rings. The van der Waals surface area contributed by atoms with E-state index in [9.17, 15) is 9.59 Å². The summed E-state index contributed by atoms with van der Waals surface area (Å²) in [6.45, 7) is 0.687. The van der Waals surface area contributed by atoms with Gasteiger partial charge in [0.1, 0.15) is 5.57 Å². The topological polar surface area (TPSA) is 58.2 Å². The number of carbonyl (C=O) groups is 2. The highest BCUT2D eigenvalue weighted by molar-refractivity contribution is 8.04. The van der Waals surface area contributed by atoms with Crippen LogP contribution in [-0.4, -0.2) is 24.0 Å². The number of aryl methyl sites for hydroxylation is 2. The molecule has 4 rings (SSSR count). The van der Waals surface area contributed by atoms with E-state index < -0.39 is 0 Å². The van der Waals surface area contributed by atoms with Crippen molar-refractivity contribution in [2.24, 2.45) is 5.92 Å². The van der Waals surface area contributed by atoms with Gasteiger partial charge in [-0.25, -0.2) is 0 Å². The van der Waals surface area contributed by atoms with Crippen molar-refractivity contribution in [1.29, 1.82) is 0 Å². The predicted molar refractivity (Wildman–Crippen MR) is 92.3 cm³/mol. The van der Waals surface area contributed by atoms with Gasteiger partial charge < -0.3 is 10.6 Å². The molecule has 0 spiro atoms. The number of Topliss-reactive ketones (excluding diaryl/α,β-unsaturated/α-hetero) is 1. The minimum absolute atomic E-state index is 0.0769. The van der Waals surface area contributed by atoms with Crippen molar-refractivity contribution in [2.45, 2.75) is 32.1 Å². The SMILES string of the molecule is O=C1CSC(Nc2ccc3c(c2)CCC3)=C1C(=O)NCC1CC1. The zero-order chi connectivity index (χ0) is 15.8. The van der Waals surface area contributed by atoms with Crippen molar-refractivity contribution in [1.82, 2.24) is 5.32 Å². The first-order valence-corrected chi connectivity index (χ1v) is 9.26. The third-order valence-electron chi connectivity index (χ3n) is 4.69. The average molecular weight is 328 g/mol. The third kappa shape index (κ3) is 3.15. The van der Waals surface area contributed by atoms with Crippen molar-refractivity contribution in [2.75, 3.05) is 17.6 Å². The minimum Gasteiger partial charge on any atom is -0.352 e. The Morgan fingerprint density at radius 2 is 2.04 bits per heavy atom. The van der Waals surface area contributed by atoms with Gasteiger partial charge in [0.05, 0.1) is 10.8 Å². The number of thioether (sulfide) groups is 1.